The van der Waals surface area contributed by atoms with Crippen molar-refractivity contribution in [2.75, 3.05) is 12.4 Å². The minimum Gasteiger partial charge on any atom is -0.465 e. The van der Waals surface area contributed by atoms with E-state index < -0.39 is 5.97 Å². The van der Waals surface area contributed by atoms with Crippen LogP contribution in [0.3, 0.4) is 0 Å². The van der Waals surface area contributed by atoms with E-state index in [0.29, 0.717) is 17.0 Å². The lowest BCUT2D eigenvalue weighted by Gasteiger charge is -2.08. The van der Waals surface area contributed by atoms with Gasteiger partial charge in [-0.05, 0) is 49.8 Å². The zero-order chi connectivity index (χ0) is 16.1. The Balaban J connectivity index is 2.10. The molecule has 0 saturated heterocycles. The fourth-order valence-corrected chi connectivity index (χ4v) is 1.88. The third kappa shape index (κ3) is 3.85. The molecule has 0 atom stereocenters. The van der Waals surface area contributed by atoms with Crippen molar-refractivity contribution < 1.29 is 18.7 Å². The summed E-state index contributed by atoms with van der Waals surface area (Å²) in [6.45, 7) is 3.68. The molecule has 1 N–H and O–H groups in total. The monoisotopic (exact) mass is 299 g/mol. The minimum absolute atomic E-state index is 0.306. The van der Waals surface area contributed by atoms with E-state index in [1.54, 1.807) is 30.3 Å². The molecule has 1 aromatic heterocycles. The number of carbonyl (C=O) groups excluding carboxylic acids is 2. The summed E-state index contributed by atoms with van der Waals surface area (Å²) in [6.07, 6.45) is 2.96. The Kier molecular flexibility index (Phi) is 4.78. The van der Waals surface area contributed by atoms with Crippen molar-refractivity contribution in [3.05, 3.63) is 59.1 Å². The van der Waals surface area contributed by atoms with Crippen LogP contribution in [0.4, 0.5) is 5.69 Å². The lowest BCUT2D eigenvalue weighted by Crippen LogP contribution is -2.10. The number of carbonyl (C=O) groups is 2. The van der Waals surface area contributed by atoms with Gasteiger partial charge in [0.15, 0.2) is 0 Å². The summed E-state index contributed by atoms with van der Waals surface area (Å²) in [4.78, 5) is 23.5. The molecule has 5 heteroatoms. The summed E-state index contributed by atoms with van der Waals surface area (Å²) in [6, 6.07) is 8.59. The average molecular weight is 299 g/mol. The van der Waals surface area contributed by atoms with E-state index >= 15 is 0 Å². The largest absolute Gasteiger partial charge is 0.465 e. The SMILES string of the molecule is COC(=O)c1ccc(C)c(NC(=O)C=Cc2ccc(C)o2)c1. The van der Waals surface area contributed by atoms with Crippen LogP contribution in [0, 0.1) is 13.8 Å². The van der Waals surface area contributed by atoms with Gasteiger partial charge in [-0.1, -0.05) is 6.07 Å². The van der Waals surface area contributed by atoms with Gasteiger partial charge in [-0.2, -0.15) is 0 Å². The van der Waals surface area contributed by atoms with Gasteiger partial charge in [-0.3, -0.25) is 4.79 Å². The fourth-order valence-electron chi connectivity index (χ4n) is 1.88. The van der Waals surface area contributed by atoms with Crippen molar-refractivity contribution in [3.8, 4) is 0 Å². The van der Waals surface area contributed by atoms with Crippen molar-refractivity contribution in [1.29, 1.82) is 0 Å². The van der Waals surface area contributed by atoms with Crippen LogP contribution in [0.2, 0.25) is 0 Å². The molecular formula is C17H17NO4. The molecule has 1 aromatic carbocycles. The van der Waals surface area contributed by atoms with Crippen molar-refractivity contribution in [1.82, 2.24) is 0 Å². The Morgan fingerprint density at radius 3 is 2.59 bits per heavy atom. The van der Waals surface area contributed by atoms with Gasteiger partial charge < -0.3 is 14.5 Å². The molecule has 0 bridgehead atoms. The highest BCUT2D eigenvalue weighted by Crippen LogP contribution is 2.18. The van der Waals surface area contributed by atoms with Crippen molar-refractivity contribution in [3.63, 3.8) is 0 Å². The Bertz CT molecular complexity index is 728. The topological polar surface area (TPSA) is 68.5 Å². The van der Waals surface area contributed by atoms with Gasteiger partial charge in [-0.15, -0.1) is 0 Å². The molecule has 2 rings (SSSR count). The third-order valence-corrected chi connectivity index (χ3v) is 3.08. The summed E-state index contributed by atoms with van der Waals surface area (Å²) in [5.74, 6) is 0.630. The molecule has 0 aliphatic carbocycles. The summed E-state index contributed by atoms with van der Waals surface area (Å²) >= 11 is 0. The molecule has 2 aromatic rings. The highest BCUT2D eigenvalue weighted by Gasteiger charge is 2.09. The maximum atomic E-state index is 11.9. The fraction of sp³-hybridized carbons (Fsp3) is 0.176. The first-order valence-corrected chi connectivity index (χ1v) is 6.74. The predicted molar refractivity (Wildman–Crippen MR) is 83.6 cm³/mol. The van der Waals surface area contributed by atoms with Crippen LogP contribution >= 0.6 is 0 Å². The second kappa shape index (κ2) is 6.76. The van der Waals surface area contributed by atoms with Crippen LogP contribution in [0.25, 0.3) is 6.08 Å². The molecule has 0 fully saturated rings. The van der Waals surface area contributed by atoms with E-state index in [-0.39, 0.29) is 5.91 Å². The first-order chi connectivity index (χ1) is 10.5. The molecule has 0 saturated carbocycles. The zero-order valence-electron chi connectivity index (χ0n) is 12.7. The minimum atomic E-state index is -0.447. The first kappa shape index (κ1) is 15.6. The standard InChI is InChI=1S/C17H17NO4/c1-11-4-6-13(17(20)21-3)10-15(11)18-16(19)9-8-14-7-5-12(2)22-14/h4-10H,1-3H3,(H,18,19). The number of rotatable bonds is 4. The number of aryl methyl sites for hydroxylation is 2. The number of benzene rings is 1. The van der Waals surface area contributed by atoms with Gasteiger partial charge in [0.05, 0.1) is 12.7 Å². The number of amides is 1. The number of nitrogens with one attached hydrogen (secondary N) is 1. The van der Waals surface area contributed by atoms with E-state index in [9.17, 15) is 9.59 Å². The van der Waals surface area contributed by atoms with Gasteiger partial charge in [-0.25, -0.2) is 4.79 Å². The lowest BCUT2D eigenvalue weighted by atomic mass is 10.1. The molecule has 0 aliphatic heterocycles. The third-order valence-electron chi connectivity index (χ3n) is 3.08. The number of anilines is 1. The number of esters is 1. The van der Waals surface area contributed by atoms with Crippen molar-refractivity contribution >= 4 is 23.6 Å². The summed E-state index contributed by atoms with van der Waals surface area (Å²) in [5, 5.41) is 2.73. The first-order valence-electron chi connectivity index (χ1n) is 6.74. The Morgan fingerprint density at radius 2 is 1.95 bits per heavy atom. The predicted octanol–water partition coefficient (Wildman–Crippen LogP) is 3.33. The summed E-state index contributed by atoms with van der Waals surface area (Å²) in [7, 11) is 1.31. The Morgan fingerprint density at radius 1 is 1.18 bits per heavy atom. The number of hydrogen-bond donors (Lipinski definition) is 1. The maximum Gasteiger partial charge on any atom is 0.337 e. The molecule has 5 nitrogen and oxygen atoms in total. The molecule has 0 radical (unpaired) electrons. The van der Waals surface area contributed by atoms with Crippen LogP contribution < -0.4 is 5.32 Å². The molecule has 1 amide bonds. The van der Waals surface area contributed by atoms with E-state index in [0.717, 1.165) is 11.3 Å². The summed E-state index contributed by atoms with van der Waals surface area (Å²) < 4.78 is 10.0. The number of methoxy groups -OCH3 is 1. The molecule has 0 aliphatic rings. The van der Waals surface area contributed by atoms with Crippen molar-refractivity contribution in [2.45, 2.75) is 13.8 Å². The smallest absolute Gasteiger partial charge is 0.337 e. The molecule has 0 unspecified atom stereocenters. The molecule has 0 spiro atoms. The van der Waals surface area contributed by atoms with Gasteiger partial charge >= 0.3 is 5.97 Å². The second-order valence-electron chi connectivity index (χ2n) is 4.79. The van der Waals surface area contributed by atoms with E-state index in [4.69, 9.17) is 4.42 Å². The van der Waals surface area contributed by atoms with Crippen LogP contribution in [0.1, 0.15) is 27.4 Å². The Labute approximate surface area is 128 Å². The quantitative estimate of drug-likeness (QED) is 0.694. The molecule has 22 heavy (non-hydrogen) atoms. The second-order valence-corrected chi connectivity index (χ2v) is 4.79. The number of furan rings is 1. The van der Waals surface area contributed by atoms with Crippen molar-refractivity contribution in [2.24, 2.45) is 0 Å². The van der Waals surface area contributed by atoms with E-state index in [1.807, 2.05) is 19.9 Å². The molecule has 1 heterocycles. The summed E-state index contributed by atoms with van der Waals surface area (Å²) in [5.41, 5.74) is 1.80. The molecular weight excluding hydrogens is 282 g/mol. The van der Waals surface area contributed by atoms with Gasteiger partial charge in [0.25, 0.3) is 0 Å². The van der Waals surface area contributed by atoms with Crippen LogP contribution in [0.5, 0.6) is 0 Å². The normalized spacial score (nSPS) is 10.7. The average Bonchev–Trinajstić information content (AvgIpc) is 2.92. The number of ether oxygens (including phenoxy) is 1. The van der Waals surface area contributed by atoms with Crippen LogP contribution in [-0.4, -0.2) is 19.0 Å². The van der Waals surface area contributed by atoms with Gasteiger partial charge in [0, 0.05) is 11.8 Å². The van der Waals surface area contributed by atoms with E-state index in [1.165, 1.54) is 13.2 Å². The van der Waals surface area contributed by atoms with Crippen LogP contribution in [-0.2, 0) is 9.53 Å². The molecule has 114 valence electrons. The number of hydrogen-bond acceptors (Lipinski definition) is 4. The maximum absolute atomic E-state index is 11.9. The van der Waals surface area contributed by atoms with E-state index in [2.05, 4.69) is 10.1 Å². The van der Waals surface area contributed by atoms with Gasteiger partial charge in [0.2, 0.25) is 5.91 Å². The highest BCUT2D eigenvalue weighted by molar-refractivity contribution is 6.03. The lowest BCUT2D eigenvalue weighted by molar-refractivity contribution is -0.111. The zero-order valence-corrected chi connectivity index (χ0v) is 12.7. The van der Waals surface area contributed by atoms with Crippen LogP contribution in [0.15, 0.2) is 40.8 Å². The van der Waals surface area contributed by atoms with Gasteiger partial charge in [0.1, 0.15) is 11.5 Å². The Hall–Kier alpha value is -2.82. The highest BCUT2D eigenvalue weighted by atomic mass is 16.5.